The molecular weight excluding hydrogens is 460 g/mol. The summed E-state index contributed by atoms with van der Waals surface area (Å²) in [4.78, 5) is 26.3. The summed E-state index contributed by atoms with van der Waals surface area (Å²) in [6.45, 7) is 3.62. The lowest BCUT2D eigenvalue weighted by Crippen LogP contribution is -2.41. The van der Waals surface area contributed by atoms with Crippen molar-refractivity contribution >= 4 is 17.7 Å². The number of aliphatic carboxylic acids is 1. The van der Waals surface area contributed by atoms with Crippen LogP contribution in [0.25, 0.3) is 0 Å². The second-order valence-corrected chi connectivity index (χ2v) is 9.06. The van der Waals surface area contributed by atoms with E-state index in [9.17, 15) is 14.7 Å². The molecule has 0 bridgehead atoms. The van der Waals surface area contributed by atoms with Crippen molar-refractivity contribution in [3.8, 4) is 11.5 Å². The quantitative estimate of drug-likeness (QED) is 0.393. The number of carboxylic acids is 1. The Bertz CT molecular complexity index is 959. The van der Waals surface area contributed by atoms with Crippen LogP contribution in [0.1, 0.15) is 44.6 Å². The zero-order valence-electron chi connectivity index (χ0n) is 21.3. The number of ether oxygens (including phenoxy) is 3. The summed E-state index contributed by atoms with van der Waals surface area (Å²) < 4.78 is 16.6. The maximum absolute atomic E-state index is 13.2. The van der Waals surface area contributed by atoms with Gasteiger partial charge in [0.2, 0.25) is 0 Å². The van der Waals surface area contributed by atoms with E-state index in [0.717, 1.165) is 18.4 Å². The van der Waals surface area contributed by atoms with Crippen LogP contribution >= 0.6 is 0 Å². The molecule has 0 spiro atoms. The predicted molar refractivity (Wildman–Crippen MR) is 139 cm³/mol. The minimum Gasteiger partial charge on any atom is -0.495 e. The van der Waals surface area contributed by atoms with Crippen molar-refractivity contribution in [1.82, 2.24) is 4.90 Å². The van der Waals surface area contributed by atoms with Crippen molar-refractivity contribution in [3.05, 3.63) is 54.1 Å². The van der Waals surface area contributed by atoms with Crippen LogP contribution in [0.3, 0.4) is 0 Å². The highest BCUT2D eigenvalue weighted by molar-refractivity contribution is 5.91. The van der Waals surface area contributed by atoms with E-state index in [4.69, 9.17) is 14.2 Å². The number of rotatable bonds is 13. The Morgan fingerprint density at radius 3 is 2.47 bits per heavy atom. The van der Waals surface area contributed by atoms with Gasteiger partial charge < -0.3 is 29.5 Å². The van der Waals surface area contributed by atoms with E-state index < -0.39 is 12.1 Å². The lowest BCUT2D eigenvalue weighted by molar-refractivity contribution is -0.149. The average Bonchev–Trinajstić information content (AvgIpc) is 2.89. The summed E-state index contributed by atoms with van der Waals surface area (Å²) in [5, 5.41) is 12.3. The number of urea groups is 1. The zero-order chi connectivity index (χ0) is 25.8. The third kappa shape index (κ3) is 8.45. The van der Waals surface area contributed by atoms with Gasteiger partial charge in [-0.05, 0) is 55.5 Å². The van der Waals surface area contributed by atoms with E-state index in [2.05, 4.69) is 5.32 Å². The summed E-state index contributed by atoms with van der Waals surface area (Å²) in [5.41, 5.74) is 1.50. The normalized spacial score (nSPS) is 14.6. The Balaban J connectivity index is 1.58. The van der Waals surface area contributed by atoms with Crippen molar-refractivity contribution in [2.45, 2.75) is 51.6 Å². The van der Waals surface area contributed by atoms with E-state index in [1.165, 1.54) is 19.3 Å². The van der Waals surface area contributed by atoms with Crippen molar-refractivity contribution in [2.24, 2.45) is 5.92 Å². The van der Waals surface area contributed by atoms with Crippen LogP contribution in [0.5, 0.6) is 11.5 Å². The first-order valence-electron chi connectivity index (χ1n) is 12.7. The first-order chi connectivity index (χ1) is 17.5. The molecule has 3 rings (SSSR count). The number of nitrogens with one attached hydrogen (secondary N) is 1. The molecule has 1 saturated carbocycles. The highest BCUT2D eigenvalue weighted by Gasteiger charge is 2.22. The van der Waals surface area contributed by atoms with Gasteiger partial charge >= 0.3 is 12.0 Å². The summed E-state index contributed by atoms with van der Waals surface area (Å²) in [6, 6.07) is 14.5. The number of hydrogen-bond donors (Lipinski definition) is 2. The number of carbonyl (C=O) groups excluding carboxylic acids is 1. The van der Waals surface area contributed by atoms with Gasteiger partial charge in [-0.2, -0.15) is 0 Å². The molecule has 196 valence electrons. The number of anilines is 1. The summed E-state index contributed by atoms with van der Waals surface area (Å²) >= 11 is 0. The van der Waals surface area contributed by atoms with E-state index >= 15 is 0 Å². The maximum Gasteiger partial charge on any atom is 0.333 e. The fourth-order valence-corrected chi connectivity index (χ4v) is 4.53. The maximum atomic E-state index is 13.2. The number of carbonyl (C=O) groups is 2. The Hall–Kier alpha value is -3.26. The number of benzene rings is 2. The highest BCUT2D eigenvalue weighted by atomic mass is 16.5. The van der Waals surface area contributed by atoms with Gasteiger partial charge in [-0.25, -0.2) is 9.59 Å². The Kier molecular flexibility index (Phi) is 10.9. The number of hydrogen-bond acceptors (Lipinski definition) is 5. The largest absolute Gasteiger partial charge is 0.495 e. The molecule has 1 fully saturated rings. The topological polar surface area (TPSA) is 97.3 Å². The lowest BCUT2D eigenvalue weighted by Gasteiger charge is -2.30. The molecule has 2 N–H and O–H groups in total. The van der Waals surface area contributed by atoms with Gasteiger partial charge in [0.05, 0.1) is 19.3 Å². The highest BCUT2D eigenvalue weighted by Crippen LogP contribution is 2.26. The molecular formula is C28H38N2O6. The smallest absolute Gasteiger partial charge is 0.333 e. The average molecular weight is 499 g/mol. The number of amides is 2. The molecule has 8 heteroatoms. The van der Waals surface area contributed by atoms with Crippen LogP contribution in [0, 0.1) is 5.92 Å². The van der Waals surface area contributed by atoms with Gasteiger partial charge in [0, 0.05) is 19.6 Å². The lowest BCUT2D eigenvalue weighted by atomic mass is 9.89. The fraction of sp³-hybridized carbons (Fsp3) is 0.500. The van der Waals surface area contributed by atoms with Gasteiger partial charge in [0.15, 0.2) is 6.10 Å². The molecule has 0 heterocycles. The molecule has 2 amide bonds. The van der Waals surface area contributed by atoms with Gasteiger partial charge in [0.25, 0.3) is 0 Å². The van der Waals surface area contributed by atoms with Crippen molar-refractivity contribution < 1.29 is 28.9 Å². The molecule has 2 aromatic rings. The van der Waals surface area contributed by atoms with Crippen LogP contribution in [0.4, 0.5) is 10.5 Å². The zero-order valence-corrected chi connectivity index (χ0v) is 21.3. The molecule has 36 heavy (non-hydrogen) atoms. The summed E-state index contributed by atoms with van der Waals surface area (Å²) in [6.07, 6.45) is 5.39. The second kappa shape index (κ2) is 14.3. The van der Waals surface area contributed by atoms with E-state index in [0.29, 0.717) is 55.8 Å². The standard InChI is InChI=1S/C28H38N2O6/c1-3-35-26(27(31)32)19-21-13-15-23(16-14-21)36-18-17-30(20-22-9-5-4-6-10-22)28(33)29-24-11-7-8-12-25(24)34-2/h7-8,11-16,22,26H,3-6,9-10,17-20H2,1-2H3,(H,29,33)(H,31,32). The minimum absolute atomic E-state index is 0.167. The van der Waals surface area contributed by atoms with Crippen molar-refractivity contribution in [1.29, 1.82) is 0 Å². The third-order valence-electron chi connectivity index (χ3n) is 6.46. The first kappa shape index (κ1) is 27.3. The van der Waals surface area contributed by atoms with Crippen molar-refractivity contribution in [2.75, 3.05) is 38.7 Å². The molecule has 1 unspecified atom stereocenters. The molecule has 0 radical (unpaired) electrons. The van der Waals surface area contributed by atoms with E-state index in [1.54, 1.807) is 14.0 Å². The Morgan fingerprint density at radius 1 is 1.08 bits per heavy atom. The SMILES string of the molecule is CCOC(Cc1ccc(OCCN(CC2CCCCC2)C(=O)Nc2ccccc2OC)cc1)C(=O)O. The molecule has 0 aliphatic heterocycles. The van der Waals surface area contributed by atoms with Gasteiger partial charge in [0.1, 0.15) is 18.1 Å². The fourth-order valence-electron chi connectivity index (χ4n) is 4.53. The summed E-state index contributed by atoms with van der Waals surface area (Å²) in [7, 11) is 1.59. The third-order valence-corrected chi connectivity index (χ3v) is 6.46. The number of methoxy groups -OCH3 is 1. The number of nitrogens with zero attached hydrogens (tertiary/aromatic N) is 1. The van der Waals surface area contributed by atoms with E-state index in [1.807, 2.05) is 53.4 Å². The van der Waals surface area contributed by atoms with E-state index in [-0.39, 0.29) is 6.03 Å². The second-order valence-electron chi connectivity index (χ2n) is 9.06. The Labute approximate surface area is 213 Å². The Morgan fingerprint density at radius 2 is 1.81 bits per heavy atom. The van der Waals surface area contributed by atoms with Crippen LogP contribution in [-0.2, 0) is 16.0 Å². The molecule has 0 saturated heterocycles. The minimum atomic E-state index is -0.971. The summed E-state index contributed by atoms with van der Waals surface area (Å²) in [5.74, 6) is 0.815. The first-order valence-corrected chi connectivity index (χ1v) is 12.7. The monoisotopic (exact) mass is 498 g/mol. The molecule has 1 atom stereocenters. The number of carboxylic acid groups (broad SMARTS) is 1. The van der Waals surface area contributed by atoms with Gasteiger partial charge in [-0.3, -0.25) is 0 Å². The van der Waals surface area contributed by atoms with Gasteiger partial charge in [-0.15, -0.1) is 0 Å². The van der Waals surface area contributed by atoms with Crippen LogP contribution in [0.2, 0.25) is 0 Å². The molecule has 8 nitrogen and oxygen atoms in total. The van der Waals surface area contributed by atoms with Crippen molar-refractivity contribution in [3.63, 3.8) is 0 Å². The molecule has 1 aliphatic carbocycles. The number of para-hydroxylation sites is 2. The van der Waals surface area contributed by atoms with Crippen LogP contribution in [-0.4, -0.2) is 61.5 Å². The molecule has 1 aliphatic rings. The molecule has 0 aromatic heterocycles. The van der Waals surface area contributed by atoms with Gasteiger partial charge in [-0.1, -0.05) is 43.5 Å². The van der Waals surface area contributed by atoms with Crippen LogP contribution in [0.15, 0.2) is 48.5 Å². The predicted octanol–water partition coefficient (Wildman–Crippen LogP) is 5.22. The molecule has 2 aromatic carbocycles. The van der Waals surface area contributed by atoms with Crippen LogP contribution < -0.4 is 14.8 Å².